The second-order valence-corrected chi connectivity index (χ2v) is 6.67. The summed E-state index contributed by atoms with van der Waals surface area (Å²) in [6.07, 6.45) is 2.66. The summed E-state index contributed by atoms with van der Waals surface area (Å²) in [6.45, 7) is 5.94. The summed E-state index contributed by atoms with van der Waals surface area (Å²) in [5.41, 5.74) is 1.95. The van der Waals surface area contributed by atoms with E-state index in [1.54, 1.807) is 0 Å². The topological polar surface area (TPSA) is 27.0 Å². The molecule has 1 atom stereocenters. The van der Waals surface area contributed by atoms with Gasteiger partial charge in [-0.15, -0.1) is 0 Å². The molecular weight excluding hydrogens is 302 g/mol. The van der Waals surface area contributed by atoms with E-state index in [0.717, 1.165) is 18.7 Å². The molecule has 19 heavy (non-hydrogen) atoms. The number of nitrogens with zero attached hydrogens (tertiary/aromatic N) is 3. The number of halogens is 1. The van der Waals surface area contributed by atoms with Gasteiger partial charge in [-0.1, -0.05) is 6.07 Å². The molecule has 2 fully saturated rings. The standard InChI is InChI=1S/C15H19BrN3/c16-15-5-2-8-19(15)9-6-18(7-10-19)14-4-1-3-13(11-14)12-17/h1,3-4,11,15H,2,5-10H2/q+1. The highest BCUT2D eigenvalue weighted by Gasteiger charge is 2.42. The second kappa shape index (κ2) is 5.15. The lowest BCUT2D eigenvalue weighted by Gasteiger charge is -2.45. The van der Waals surface area contributed by atoms with Gasteiger partial charge < -0.3 is 9.38 Å². The Balaban J connectivity index is 1.71. The number of hydrogen-bond acceptors (Lipinski definition) is 2. The normalized spacial score (nSPS) is 25.5. The molecule has 0 aromatic heterocycles. The maximum absolute atomic E-state index is 8.98. The summed E-state index contributed by atoms with van der Waals surface area (Å²) in [5, 5.41) is 8.98. The van der Waals surface area contributed by atoms with E-state index in [0.29, 0.717) is 4.95 Å². The van der Waals surface area contributed by atoms with Crippen molar-refractivity contribution in [2.45, 2.75) is 17.8 Å². The van der Waals surface area contributed by atoms with Gasteiger partial charge in [0.25, 0.3) is 0 Å². The largest absolute Gasteiger partial charge is 0.360 e. The van der Waals surface area contributed by atoms with Crippen LogP contribution in [-0.2, 0) is 0 Å². The molecule has 0 radical (unpaired) electrons. The van der Waals surface area contributed by atoms with Gasteiger partial charge in [-0.05, 0) is 34.1 Å². The van der Waals surface area contributed by atoms with Crippen molar-refractivity contribution in [2.75, 3.05) is 37.6 Å². The highest BCUT2D eigenvalue weighted by molar-refractivity contribution is 9.09. The van der Waals surface area contributed by atoms with Crippen LogP contribution in [0.1, 0.15) is 18.4 Å². The Morgan fingerprint density at radius 2 is 2.05 bits per heavy atom. The third kappa shape index (κ3) is 2.37. The van der Waals surface area contributed by atoms with Gasteiger partial charge in [0.05, 0.1) is 44.4 Å². The summed E-state index contributed by atoms with van der Waals surface area (Å²) in [6, 6.07) is 10.2. The van der Waals surface area contributed by atoms with Crippen molar-refractivity contribution < 1.29 is 4.48 Å². The predicted octanol–water partition coefficient (Wildman–Crippen LogP) is 2.71. The molecule has 0 aliphatic carbocycles. The van der Waals surface area contributed by atoms with E-state index >= 15 is 0 Å². The van der Waals surface area contributed by atoms with Gasteiger partial charge in [-0.3, -0.25) is 0 Å². The molecule has 100 valence electrons. The van der Waals surface area contributed by atoms with Gasteiger partial charge in [0.1, 0.15) is 4.95 Å². The van der Waals surface area contributed by atoms with Crippen LogP contribution in [0.5, 0.6) is 0 Å². The van der Waals surface area contributed by atoms with Gasteiger partial charge in [-0.2, -0.15) is 5.26 Å². The minimum atomic E-state index is 0.653. The minimum Gasteiger partial charge on any atom is -0.360 e. The lowest BCUT2D eigenvalue weighted by Crippen LogP contribution is -2.60. The molecule has 3 nitrogen and oxygen atoms in total. The molecule has 2 aliphatic heterocycles. The second-order valence-electron chi connectivity index (χ2n) is 5.62. The predicted molar refractivity (Wildman–Crippen MR) is 80.2 cm³/mol. The van der Waals surface area contributed by atoms with Crippen LogP contribution in [-0.4, -0.2) is 42.2 Å². The number of quaternary nitrogens is 1. The van der Waals surface area contributed by atoms with E-state index in [2.05, 4.69) is 33.0 Å². The van der Waals surface area contributed by atoms with Gasteiger partial charge in [0.15, 0.2) is 0 Å². The molecule has 3 rings (SSSR count). The van der Waals surface area contributed by atoms with Crippen LogP contribution in [0.2, 0.25) is 0 Å². The number of anilines is 1. The fraction of sp³-hybridized carbons (Fsp3) is 0.533. The van der Waals surface area contributed by atoms with Crippen molar-refractivity contribution in [1.82, 2.24) is 0 Å². The first kappa shape index (κ1) is 13.0. The zero-order valence-corrected chi connectivity index (χ0v) is 12.6. The highest BCUT2D eigenvalue weighted by Crippen LogP contribution is 2.33. The van der Waals surface area contributed by atoms with Crippen LogP contribution < -0.4 is 4.90 Å². The Bertz CT molecular complexity index is 500. The van der Waals surface area contributed by atoms with Crippen molar-refractivity contribution in [3.8, 4) is 6.07 Å². The van der Waals surface area contributed by atoms with Crippen LogP contribution in [0.25, 0.3) is 0 Å². The van der Waals surface area contributed by atoms with Crippen LogP contribution in [0.4, 0.5) is 5.69 Å². The van der Waals surface area contributed by atoms with Gasteiger partial charge in [-0.25, -0.2) is 0 Å². The smallest absolute Gasteiger partial charge is 0.144 e. The number of alkyl halides is 1. The van der Waals surface area contributed by atoms with E-state index < -0.39 is 0 Å². The summed E-state index contributed by atoms with van der Waals surface area (Å²) < 4.78 is 1.24. The number of nitriles is 1. The van der Waals surface area contributed by atoms with E-state index in [9.17, 15) is 0 Å². The first-order chi connectivity index (χ1) is 9.23. The lowest BCUT2D eigenvalue weighted by atomic mass is 10.1. The third-order valence-corrected chi connectivity index (χ3v) is 5.94. The molecule has 4 heteroatoms. The Morgan fingerprint density at radius 1 is 1.26 bits per heavy atom. The quantitative estimate of drug-likeness (QED) is 0.452. The molecule has 0 N–H and O–H groups in total. The summed E-state index contributed by atoms with van der Waals surface area (Å²) in [7, 11) is 0. The van der Waals surface area contributed by atoms with E-state index in [-0.39, 0.29) is 0 Å². The molecule has 2 heterocycles. The van der Waals surface area contributed by atoms with Crippen molar-refractivity contribution in [1.29, 1.82) is 5.26 Å². The lowest BCUT2D eigenvalue weighted by molar-refractivity contribution is -0.925. The first-order valence-corrected chi connectivity index (χ1v) is 7.90. The fourth-order valence-corrected chi connectivity index (χ4v) is 4.32. The maximum Gasteiger partial charge on any atom is 0.144 e. The number of rotatable bonds is 1. The van der Waals surface area contributed by atoms with E-state index in [1.807, 2.05) is 18.2 Å². The van der Waals surface area contributed by atoms with Crippen LogP contribution in [0.3, 0.4) is 0 Å². The number of benzene rings is 1. The number of piperazine rings is 1. The molecular formula is C15H19BrN3+. The van der Waals surface area contributed by atoms with Crippen LogP contribution in [0, 0.1) is 11.3 Å². The number of hydrogen-bond donors (Lipinski definition) is 0. The van der Waals surface area contributed by atoms with Crippen molar-refractivity contribution in [3.63, 3.8) is 0 Å². The van der Waals surface area contributed by atoms with E-state index in [4.69, 9.17) is 5.26 Å². The molecule has 1 spiro atoms. The molecule has 0 amide bonds. The Labute approximate surface area is 123 Å². The average molecular weight is 321 g/mol. The monoisotopic (exact) mass is 320 g/mol. The van der Waals surface area contributed by atoms with Crippen molar-refractivity contribution in [3.05, 3.63) is 29.8 Å². The van der Waals surface area contributed by atoms with Gasteiger partial charge in [0, 0.05) is 18.5 Å². The molecule has 1 aromatic rings. The van der Waals surface area contributed by atoms with E-state index in [1.165, 1.54) is 42.6 Å². The zero-order valence-electron chi connectivity index (χ0n) is 11.1. The van der Waals surface area contributed by atoms with Crippen LogP contribution in [0.15, 0.2) is 24.3 Å². The van der Waals surface area contributed by atoms with Crippen molar-refractivity contribution >= 4 is 21.6 Å². The first-order valence-electron chi connectivity index (χ1n) is 6.98. The third-order valence-electron chi connectivity index (χ3n) is 4.61. The summed E-state index contributed by atoms with van der Waals surface area (Å²) >= 11 is 3.87. The van der Waals surface area contributed by atoms with Gasteiger partial charge in [0.2, 0.25) is 0 Å². The van der Waals surface area contributed by atoms with Crippen molar-refractivity contribution in [2.24, 2.45) is 0 Å². The summed E-state index contributed by atoms with van der Waals surface area (Å²) in [4.78, 5) is 3.07. The fourth-order valence-electron chi connectivity index (χ4n) is 3.39. The Kier molecular flexibility index (Phi) is 3.51. The Morgan fingerprint density at radius 3 is 2.68 bits per heavy atom. The summed E-state index contributed by atoms with van der Waals surface area (Å²) in [5.74, 6) is 0. The Hall–Kier alpha value is -1.05. The highest BCUT2D eigenvalue weighted by atomic mass is 79.9. The van der Waals surface area contributed by atoms with Gasteiger partial charge >= 0.3 is 0 Å². The average Bonchev–Trinajstić information content (AvgIpc) is 2.81. The van der Waals surface area contributed by atoms with Crippen LogP contribution >= 0.6 is 15.9 Å². The molecule has 0 bridgehead atoms. The maximum atomic E-state index is 8.98. The minimum absolute atomic E-state index is 0.653. The molecule has 1 aromatic carbocycles. The molecule has 1 unspecified atom stereocenters. The zero-order chi connectivity index (χ0) is 13.3. The SMILES string of the molecule is N#Cc1cccc(N2CC[N+]3(CCCC3Br)CC2)c1. The molecule has 0 saturated carbocycles. The molecule has 2 saturated heterocycles. The molecule has 2 aliphatic rings.